The number of nitrogens with zero attached hydrogens (tertiary/aromatic N) is 1. The molecule has 0 unspecified atom stereocenters. The zero-order chi connectivity index (χ0) is 15.9. The van der Waals surface area contributed by atoms with Gasteiger partial charge < -0.3 is 15.0 Å². The molecule has 122 valence electrons. The molecule has 1 rings (SSSR count). The molecule has 0 saturated heterocycles. The van der Waals surface area contributed by atoms with Gasteiger partial charge in [-0.3, -0.25) is 0 Å². The number of likely N-dealkylation sites (N-methyl/N-ethyl adjacent to an activating group) is 1. The summed E-state index contributed by atoms with van der Waals surface area (Å²) in [6.45, 7) is 10.3. The van der Waals surface area contributed by atoms with Crippen molar-refractivity contribution in [2.75, 3.05) is 26.3 Å². The molecule has 0 aromatic carbocycles. The summed E-state index contributed by atoms with van der Waals surface area (Å²) >= 11 is 0. The Bertz CT molecular complexity index is 511. The molecule has 0 fully saturated rings. The molecule has 0 amide bonds. The molecule has 0 bridgehead atoms. The van der Waals surface area contributed by atoms with Crippen LogP contribution >= 0.6 is 0 Å². The molecule has 21 heavy (non-hydrogen) atoms. The molecule has 2 N–H and O–H groups in total. The Morgan fingerprint density at radius 3 is 2.67 bits per heavy atom. The lowest BCUT2D eigenvalue weighted by Gasteiger charge is -2.19. The minimum Gasteiger partial charge on any atom is -0.380 e. The standard InChI is InChI=1S/C14H27N3O3S/c1-5-17(7-8-20-6-2)21(18,19)14-9-13(16-11-14)10-15-12(3)4/h9,11-12,15-16H,5-8,10H2,1-4H3. The van der Waals surface area contributed by atoms with Crippen LogP contribution in [0.1, 0.15) is 33.4 Å². The first-order valence-corrected chi connectivity index (χ1v) is 8.84. The van der Waals surface area contributed by atoms with Gasteiger partial charge in [-0.1, -0.05) is 20.8 Å². The predicted molar refractivity (Wildman–Crippen MR) is 83.7 cm³/mol. The van der Waals surface area contributed by atoms with E-state index in [1.54, 1.807) is 12.3 Å². The normalized spacial score (nSPS) is 12.5. The first-order chi connectivity index (χ1) is 9.91. The van der Waals surface area contributed by atoms with Gasteiger partial charge in [0, 0.05) is 44.2 Å². The number of hydrogen-bond acceptors (Lipinski definition) is 4. The highest BCUT2D eigenvalue weighted by atomic mass is 32.2. The number of hydrogen-bond donors (Lipinski definition) is 2. The molecule has 0 radical (unpaired) electrons. The Hall–Kier alpha value is -0.890. The van der Waals surface area contributed by atoms with Crippen LogP contribution in [-0.2, 0) is 21.3 Å². The number of aromatic amines is 1. The first-order valence-electron chi connectivity index (χ1n) is 7.40. The van der Waals surface area contributed by atoms with Gasteiger partial charge in [-0.2, -0.15) is 4.31 Å². The highest BCUT2D eigenvalue weighted by Crippen LogP contribution is 2.16. The van der Waals surface area contributed by atoms with Crippen molar-refractivity contribution in [2.45, 2.75) is 45.2 Å². The van der Waals surface area contributed by atoms with Gasteiger partial charge >= 0.3 is 0 Å². The van der Waals surface area contributed by atoms with E-state index < -0.39 is 10.0 Å². The van der Waals surface area contributed by atoms with Crippen LogP contribution in [0.4, 0.5) is 0 Å². The van der Waals surface area contributed by atoms with Crippen LogP contribution in [0.15, 0.2) is 17.2 Å². The van der Waals surface area contributed by atoms with Crippen molar-refractivity contribution >= 4 is 10.0 Å². The second-order valence-corrected chi connectivity index (χ2v) is 7.03. The molecular weight excluding hydrogens is 290 g/mol. The van der Waals surface area contributed by atoms with E-state index in [2.05, 4.69) is 10.3 Å². The number of sulfonamides is 1. The summed E-state index contributed by atoms with van der Waals surface area (Å²) in [6, 6.07) is 2.04. The molecule has 0 aliphatic carbocycles. The third-order valence-electron chi connectivity index (χ3n) is 3.10. The van der Waals surface area contributed by atoms with Crippen molar-refractivity contribution in [1.82, 2.24) is 14.6 Å². The van der Waals surface area contributed by atoms with Crippen LogP contribution in [-0.4, -0.2) is 50.1 Å². The van der Waals surface area contributed by atoms with Crippen LogP contribution in [0.2, 0.25) is 0 Å². The lowest BCUT2D eigenvalue weighted by atomic mass is 10.3. The van der Waals surface area contributed by atoms with Crippen molar-refractivity contribution < 1.29 is 13.2 Å². The fraction of sp³-hybridized carbons (Fsp3) is 0.714. The highest BCUT2D eigenvalue weighted by Gasteiger charge is 2.23. The maximum absolute atomic E-state index is 12.5. The molecular formula is C14H27N3O3S. The summed E-state index contributed by atoms with van der Waals surface area (Å²) in [5, 5.41) is 3.25. The van der Waals surface area contributed by atoms with Gasteiger partial charge in [0.05, 0.1) is 11.5 Å². The molecule has 0 atom stereocenters. The van der Waals surface area contributed by atoms with E-state index in [1.807, 2.05) is 27.7 Å². The molecule has 0 spiro atoms. The van der Waals surface area contributed by atoms with Gasteiger partial charge in [-0.15, -0.1) is 0 Å². The minimum absolute atomic E-state index is 0.307. The third-order valence-corrected chi connectivity index (χ3v) is 5.05. The summed E-state index contributed by atoms with van der Waals surface area (Å²) in [5.74, 6) is 0. The molecule has 1 heterocycles. The fourth-order valence-electron chi connectivity index (χ4n) is 1.89. The average molecular weight is 317 g/mol. The third kappa shape index (κ3) is 5.43. The topological polar surface area (TPSA) is 74.4 Å². The maximum Gasteiger partial charge on any atom is 0.244 e. The van der Waals surface area contributed by atoms with E-state index in [1.165, 1.54) is 4.31 Å². The van der Waals surface area contributed by atoms with Crippen LogP contribution in [0.25, 0.3) is 0 Å². The SMILES string of the molecule is CCOCCN(CC)S(=O)(=O)c1c[nH]c(CNC(C)C)c1. The van der Waals surface area contributed by atoms with E-state index in [0.29, 0.717) is 43.8 Å². The first kappa shape index (κ1) is 18.2. The molecule has 7 heteroatoms. The highest BCUT2D eigenvalue weighted by molar-refractivity contribution is 7.89. The lowest BCUT2D eigenvalue weighted by molar-refractivity contribution is 0.135. The maximum atomic E-state index is 12.5. The minimum atomic E-state index is -3.46. The van der Waals surface area contributed by atoms with Crippen LogP contribution < -0.4 is 5.32 Å². The second kappa shape index (κ2) is 8.53. The Morgan fingerprint density at radius 1 is 1.38 bits per heavy atom. The van der Waals surface area contributed by atoms with Crippen LogP contribution in [0, 0.1) is 0 Å². The zero-order valence-electron chi connectivity index (χ0n) is 13.3. The van der Waals surface area contributed by atoms with E-state index in [4.69, 9.17) is 4.74 Å². The summed E-state index contributed by atoms with van der Waals surface area (Å²) in [4.78, 5) is 3.32. The van der Waals surface area contributed by atoms with Gasteiger partial charge in [-0.05, 0) is 13.0 Å². The van der Waals surface area contributed by atoms with Crippen LogP contribution in [0.5, 0.6) is 0 Å². The van der Waals surface area contributed by atoms with Crippen molar-refractivity contribution in [1.29, 1.82) is 0 Å². The number of aromatic nitrogens is 1. The van der Waals surface area contributed by atoms with Crippen molar-refractivity contribution in [3.8, 4) is 0 Å². The molecule has 1 aromatic heterocycles. The van der Waals surface area contributed by atoms with Crippen molar-refractivity contribution in [3.63, 3.8) is 0 Å². The smallest absolute Gasteiger partial charge is 0.244 e. The number of rotatable bonds is 10. The van der Waals surface area contributed by atoms with E-state index in [-0.39, 0.29) is 0 Å². The Morgan fingerprint density at radius 2 is 2.10 bits per heavy atom. The molecule has 1 aromatic rings. The molecule has 0 aliphatic heterocycles. The van der Waals surface area contributed by atoms with E-state index >= 15 is 0 Å². The molecule has 6 nitrogen and oxygen atoms in total. The molecule has 0 aliphatic rings. The van der Waals surface area contributed by atoms with Gasteiger partial charge in [0.2, 0.25) is 10.0 Å². The Labute approximate surface area is 127 Å². The summed E-state index contributed by atoms with van der Waals surface area (Å²) in [7, 11) is -3.46. The van der Waals surface area contributed by atoms with Crippen molar-refractivity contribution in [2.24, 2.45) is 0 Å². The quantitative estimate of drug-likeness (QED) is 0.642. The zero-order valence-corrected chi connectivity index (χ0v) is 14.2. The van der Waals surface area contributed by atoms with Gasteiger partial charge in [0.25, 0.3) is 0 Å². The number of ether oxygens (including phenoxy) is 1. The second-order valence-electron chi connectivity index (χ2n) is 5.09. The summed E-state index contributed by atoms with van der Waals surface area (Å²) in [6.07, 6.45) is 1.55. The van der Waals surface area contributed by atoms with E-state index in [9.17, 15) is 8.42 Å². The predicted octanol–water partition coefficient (Wildman–Crippen LogP) is 1.56. The Kier molecular flexibility index (Phi) is 7.37. The molecule has 0 saturated carbocycles. The van der Waals surface area contributed by atoms with E-state index in [0.717, 1.165) is 5.69 Å². The fourth-order valence-corrected chi connectivity index (χ4v) is 3.34. The monoisotopic (exact) mass is 317 g/mol. The Balaban J connectivity index is 2.76. The number of H-pyrrole nitrogens is 1. The van der Waals surface area contributed by atoms with Gasteiger partial charge in [-0.25, -0.2) is 8.42 Å². The lowest BCUT2D eigenvalue weighted by Crippen LogP contribution is -2.33. The van der Waals surface area contributed by atoms with Crippen LogP contribution in [0.3, 0.4) is 0 Å². The number of nitrogens with one attached hydrogen (secondary N) is 2. The largest absolute Gasteiger partial charge is 0.380 e. The van der Waals surface area contributed by atoms with Gasteiger partial charge in [0.1, 0.15) is 0 Å². The average Bonchev–Trinajstić information content (AvgIpc) is 2.90. The van der Waals surface area contributed by atoms with Gasteiger partial charge in [0.15, 0.2) is 0 Å². The summed E-state index contributed by atoms with van der Waals surface area (Å²) in [5.41, 5.74) is 0.864. The van der Waals surface area contributed by atoms with Crippen molar-refractivity contribution in [3.05, 3.63) is 18.0 Å². The summed E-state index contributed by atoms with van der Waals surface area (Å²) < 4.78 is 31.8.